The van der Waals surface area contributed by atoms with E-state index in [0.29, 0.717) is 12.4 Å². The van der Waals surface area contributed by atoms with Crippen LogP contribution < -0.4 is 5.32 Å². The Bertz CT molecular complexity index is 1250. The van der Waals surface area contributed by atoms with Crippen molar-refractivity contribution in [3.8, 4) is 11.4 Å². The molecule has 0 spiro atoms. The Morgan fingerprint density at radius 2 is 2.19 bits per heavy atom. The van der Waals surface area contributed by atoms with Crippen LogP contribution in [0, 0.1) is 0 Å². The summed E-state index contributed by atoms with van der Waals surface area (Å²) in [6.45, 7) is 1.31. The topological polar surface area (TPSA) is 90.6 Å². The highest BCUT2D eigenvalue weighted by Gasteiger charge is 2.28. The lowest BCUT2D eigenvalue weighted by atomic mass is 10.1. The number of ether oxygens (including phenoxy) is 1. The fourth-order valence-corrected chi connectivity index (χ4v) is 5.88. The van der Waals surface area contributed by atoms with Gasteiger partial charge in [0.05, 0.1) is 11.4 Å². The number of fused-ring (bicyclic) bond motifs is 4. The minimum absolute atomic E-state index is 0.0589. The van der Waals surface area contributed by atoms with E-state index >= 15 is 0 Å². The molecular weight excluding hydrogens is 410 g/mol. The van der Waals surface area contributed by atoms with E-state index in [1.807, 2.05) is 23.0 Å². The number of nitrogens with one attached hydrogen (secondary N) is 1. The summed E-state index contributed by atoms with van der Waals surface area (Å²) in [5.41, 5.74) is 2.34. The molecule has 2 aliphatic rings. The summed E-state index contributed by atoms with van der Waals surface area (Å²) in [7, 11) is 1.67. The van der Waals surface area contributed by atoms with Crippen molar-refractivity contribution in [2.75, 3.05) is 12.4 Å². The van der Waals surface area contributed by atoms with Gasteiger partial charge in [-0.2, -0.15) is 5.10 Å². The molecule has 9 heteroatoms. The predicted molar refractivity (Wildman–Crippen MR) is 119 cm³/mol. The molecule has 1 atom stereocenters. The number of hydrogen-bond acceptors (Lipinski definition) is 8. The van der Waals surface area contributed by atoms with Crippen molar-refractivity contribution >= 4 is 27.4 Å². The number of hydrogen-bond donors (Lipinski definition) is 1. The zero-order valence-corrected chi connectivity index (χ0v) is 18.2. The van der Waals surface area contributed by atoms with Crippen molar-refractivity contribution in [3.05, 3.63) is 46.6 Å². The highest BCUT2D eigenvalue weighted by Crippen LogP contribution is 2.41. The molecule has 0 radical (unpaired) electrons. The Morgan fingerprint density at radius 1 is 1.23 bits per heavy atom. The minimum atomic E-state index is 0.0589. The van der Waals surface area contributed by atoms with Gasteiger partial charge in [0.15, 0.2) is 11.6 Å². The van der Waals surface area contributed by atoms with Crippen molar-refractivity contribution in [3.63, 3.8) is 0 Å². The normalized spacial score (nSPS) is 17.6. The lowest BCUT2D eigenvalue weighted by molar-refractivity contribution is 0.177. The van der Waals surface area contributed by atoms with Gasteiger partial charge in [-0.3, -0.25) is 4.98 Å². The van der Waals surface area contributed by atoms with Crippen LogP contribution in [0.4, 0.5) is 5.82 Å². The Morgan fingerprint density at radius 3 is 3.06 bits per heavy atom. The number of pyridine rings is 1. The lowest BCUT2D eigenvalue weighted by Gasteiger charge is -2.24. The summed E-state index contributed by atoms with van der Waals surface area (Å²) >= 11 is 1.81. The molecule has 0 amide bonds. The van der Waals surface area contributed by atoms with Gasteiger partial charge in [0, 0.05) is 36.5 Å². The van der Waals surface area contributed by atoms with Crippen molar-refractivity contribution in [1.82, 2.24) is 29.7 Å². The predicted octanol–water partition coefficient (Wildman–Crippen LogP) is 3.93. The van der Waals surface area contributed by atoms with Gasteiger partial charge in [0.2, 0.25) is 0 Å². The van der Waals surface area contributed by atoms with Gasteiger partial charge in [0.25, 0.3) is 0 Å². The van der Waals surface area contributed by atoms with E-state index in [9.17, 15) is 0 Å². The third kappa shape index (κ3) is 3.28. The standard InChI is InChI=1S/C22H23N7OS/c1-30-12-17-25-21-15(7-4-10-29(21)28-17)24-20-18-14-6-2-8-16(14)31-22(18)27-19(26-20)13-5-3-9-23-11-13/h3,5,9,11,15H,2,4,6-8,10,12H2,1H3,(H,24,26,27). The van der Waals surface area contributed by atoms with Crippen molar-refractivity contribution in [1.29, 1.82) is 0 Å². The Labute approximate surface area is 183 Å². The monoisotopic (exact) mass is 433 g/mol. The third-order valence-electron chi connectivity index (χ3n) is 5.99. The highest BCUT2D eigenvalue weighted by molar-refractivity contribution is 7.19. The van der Waals surface area contributed by atoms with Gasteiger partial charge in [-0.25, -0.2) is 19.6 Å². The molecule has 1 aliphatic carbocycles. The van der Waals surface area contributed by atoms with Gasteiger partial charge in [-0.1, -0.05) is 0 Å². The summed E-state index contributed by atoms with van der Waals surface area (Å²) in [6.07, 6.45) is 9.07. The quantitative estimate of drug-likeness (QED) is 0.510. The first-order valence-corrected chi connectivity index (χ1v) is 11.5. The van der Waals surface area contributed by atoms with E-state index in [0.717, 1.165) is 60.1 Å². The van der Waals surface area contributed by atoms with Crippen molar-refractivity contribution < 1.29 is 4.74 Å². The fraction of sp³-hybridized carbons (Fsp3) is 0.409. The number of aryl methyl sites for hydroxylation is 3. The van der Waals surface area contributed by atoms with Gasteiger partial charge >= 0.3 is 0 Å². The van der Waals surface area contributed by atoms with Crippen LogP contribution >= 0.6 is 11.3 Å². The van der Waals surface area contributed by atoms with Crippen LogP contribution in [-0.4, -0.2) is 36.8 Å². The smallest absolute Gasteiger partial charge is 0.176 e. The molecule has 5 heterocycles. The van der Waals surface area contributed by atoms with Crippen LogP contribution in [0.25, 0.3) is 21.6 Å². The van der Waals surface area contributed by atoms with Gasteiger partial charge in [-0.15, -0.1) is 11.3 Å². The average Bonchev–Trinajstić information content (AvgIpc) is 3.49. The molecule has 0 aromatic carbocycles. The zero-order valence-electron chi connectivity index (χ0n) is 17.3. The first kappa shape index (κ1) is 18.8. The summed E-state index contributed by atoms with van der Waals surface area (Å²) in [6, 6.07) is 3.99. The summed E-state index contributed by atoms with van der Waals surface area (Å²) in [5.74, 6) is 3.30. The van der Waals surface area contributed by atoms with E-state index in [4.69, 9.17) is 19.7 Å². The molecule has 0 saturated carbocycles. The molecule has 0 bridgehead atoms. The van der Waals surface area contributed by atoms with Crippen molar-refractivity contribution in [2.24, 2.45) is 0 Å². The SMILES string of the molecule is COCc1nc2n(n1)CCCC2Nc1nc(-c2cccnc2)nc2sc3c(c12)CCC3. The molecule has 158 valence electrons. The highest BCUT2D eigenvalue weighted by atomic mass is 32.1. The maximum Gasteiger partial charge on any atom is 0.176 e. The Balaban J connectivity index is 1.45. The maximum absolute atomic E-state index is 5.24. The number of anilines is 1. The van der Waals surface area contributed by atoms with Crippen LogP contribution in [0.1, 0.15) is 47.4 Å². The maximum atomic E-state index is 5.24. The minimum Gasteiger partial charge on any atom is -0.377 e. The fourth-order valence-electron chi connectivity index (χ4n) is 4.62. The number of nitrogens with zero attached hydrogens (tertiary/aromatic N) is 6. The van der Waals surface area contributed by atoms with E-state index in [1.54, 1.807) is 24.6 Å². The van der Waals surface area contributed by atoms with Gasteiger partial charge in [-0.05, 0) is 49.8 Å². The number of rotatable bonds is 5. The molecule has 0 fully saturated rings. The molecule has 1 N–H and O–H groups in total. The zero-order chi connectivity index (χ0) is 20.8. The van der Waals surface area contributed by atoms with Crippen molar-refractivity contribution in [2.45, 2.75) is 51.3 Å². The second kappa shape index (κ2) is 7.65. The molecule has 0 saturated heterocycles. The molecular formula is C22H23N7OS. The molecule has 8 nitrogen and oxygen atoms in total. The molecule has 1 aliphatic heterocycles. The molecule has 6 rings (SSSR count). The first-order chi connectivity index (χ1) is 15.3. The molecule has 4 aromatic heterocycles. The van der Waals surface area contributed by atoms with Crippen LogP contribution in [0.2, 0.25) is 0 Å². The van der Waals surface area contributed by atoms with E-state index < -0.39 is 0 Å². The Kier molecular flexibility index (Phi) is 4.65. The van der Waals surface area contributed by atoms with E-state index in [1.165, 1.54) is 22.2 Å². The molecule has 31 heavy (non-hydrogen) atoms. The number of thiophene rings is 1. The van der Waals surface area contributed by atoms with E-state index in [-0.39, 0.29) is 6.04 Å². The largest absolute Gasteiger partial charge is 0.377 e. The average molecular weight is 434 g/mol. The second-order valence-corrected chi connectivity index (χ2v) is 9.14. The van der Waals surface area contributed by atoms with Crippen LogP contribution in [-0.2, 0) is 30.7 Å². The first-order valence-electron chi connectivity index (χ1n) is 10.7. The summed E-state index contributed by atoms with van der Waals surface area (Å²) < 4.78 is 7.25. The second-order valence-electron chi connectivity index (χ2n) is 8.06. The van der Waals surface area contributed by atoms with Crippen LogP contribution in [0.3, 0.4) is 0 Å². The number of aromatic nitrogens is 6. The van der Waals surface area contributed by atoms with Gasteiger partial charge in [0.1, 0.15) is 23.1 Å². The summed E-state index contributed by atoms with van der Waals surface area (Å²) in [4.78, 5) is 21.4. The molecule has 1 unspecified atom stereocenters. The van der Waals surface area contributed by atoms with E-state index in [2.05, 4.69) is 15.4 Å². The Hall–Kier alpha value is -2.91. The summed E-state index contributed by atoms with van der Waals surface area (Å²) in [5, 5.41) is 9.52. The van der Waals surface area contributed by atoms with Crippen LogP contribution in [0.5, 0.6) is 0 Å². The van der Waals surface area contributed by atoms with Crippen LogP contribution in [0.15, 0.2) is 24.5 Å². The molecule has 4 aromatic rings. The van der Waals surface area contributed by atoms with Gasteiger partial charge < -0.3 is 10.1 Å². The lowest BCUT2D eigenvalue weighted by Crippen LogP contribution is -2.23. The number of methoxy groups -OCH3 is 1. The third-order valence-corrected chi connectivity index (χ3v) is 7.17.